The number of benzene rings is 7. The molecule has 2 nitrogen and oxygen atoms in total. The largest absolute Gasteiger partial charge is 0.344 e. The van der Waals surface area contributed by atoms with Gasteiger partial charge in [-0.15, -0.1) is 0 Å². The van der Waals surface area contributed by atoms with Crippen LogP contribution in [0.15, 0.2) is 164 Å². The van der Waals surface area contributed by atoms with Crippen molar-refractivity contribution in [3.05, 3.63) is 164 Å². The summed E-state index contributed by atoms with van der Waals surface area (Å²) in [6.45, 7) is 0. The van der Waals surface area contributed by atoms with Crippen molar-refractivity contribution in [3.63, 3.8) is 0 Å². The average Bonchev–Trinajstić information content (AvgIpc) is 3.37. The maximum absolute atomic E-state index is 2.33. The van der Waals surface area contributed by atoms with E-state index in [1.807, 2.05) is 0 Å². The van der Waals surface area contributed by atoms with E-state index in [1.165, 1.54) is 54.8 Å². The summed E-state index contributed by atoms with van der Waals surface area (Å²) >= 11 is 0. The Morgan fingerprint density at radius 3 is 1.67 bits per heavy atom. The summed E-state index contributed by atoms with van der Waals surface area (Å²) in [7, 11) is 2.14. The molecule has 0 aliphatic heterocycles. The van der Waals surface area contributed by atoms with Crippen molar-refractivity contribution in [2.45, 2.75) is 0 Å². The zero-order chi connectivity index (χ0) is 28.8. The molecule has 0 unspecified atom stereocenters. The van der Waals surface area contributed by atoms with Crippen LogP contribution in [0.1, 0.15) is 0 Å². The fraction of sp³-hybridized carbons (Fsp3) is 0.0244. The molecule has 43 heavy (non-hydrogen) atoms. The molecule has 204 valence electrons. The monoisotopic (exact) mass is 550 g/mol. The van der Waals surface area contributed by atoms with Gasteiger partial charge in [-0.25, -0.2) is 0 Å². The molecule has 1 heterocycles. The van der Waals surface area contributed by atoms with E-state index in [0.29, 0.717) is 0 Å². The lowest BCUT2D eigenvalue weighted by Gasteiger charge is -2.26. The van der Waals surface area contributed by atoms with Crippen LogP contribution in [0, 0.1) is 0 Å². The van der Waals surface area contributed by atoms with Crippen molar-refractivity contribution in [1.29, 1.82) is 0 Å². The van der Waals surface area contributed by atoms with Crippen molar-refractivity contribution in [2.24, 2.45) is 7.05 Å². The fourth-order valence-electron chi connectivity index (χ4n) is 6.35. The van der Waals surface area contributed by atoms with E-state index in [4.69, 9.17) is 0 Å². The van der Waals surface area contributed by atoms with Gasteiger partial charge in [0.05, 0.1) is 0 Å². The van der Waals surface area contributed by atoms with Gasteiger partial charge in [-0.05, 0) is 87.6 Å². The molecule has 0 aliphatic rings. The summed E-state index contributed by atoms with van der Waals surface area (Å²) < 4.78 is 2.28. The second-order valence-corrected chi connectivity index (χ2v) is 11.1. The minimum absolute atomic E-state index is 1.13. The van der Waals surface area contributed by atoms with Gasteiger partial charge in [-0.3, -0.25) is 0 Å². The Balaban J connectivity index is 1.12. The molecule has 0 fully saturated rings. The average molecular weight is 551 g/mol. The van der Waals surface area contributed by atoms with Crippen LogP contribution in [-0.4, -0.2) is 4.57 Å². The van der Waals surface area contributed by atoms with E-state index in [9.17, 15) is 0 Å². The number of fused-ring (bicyclic) bond motifs is 4. The summed E-state index contributed by atoms with van der Waals surface area (Å²) in [5.74, 6) is 0. The van der Waals surface area contributed by atoms with Gasteiger partial charge in [0.2, 0.25) is 0 Å². The van der Waals surface area contributed by atoms with Crippen LogP contribution < -0.4 is 4.90 Å². The van der Waals surface area contributed by atoms with Crippen LogP contribution in [0.4, 0.5) is 17.1 Å². The molecule has 0 aliphatic carbocycles. The highest BCUT2D eigenvalue weighted by Crippen LogP contribution is 2.37. The van der Waals surface area contributed by atoms with Crippen LogP contribution in [0.25, 0.3) is 54.8 Å². The number of rotatable bonds is 5. The second-order valence-electron chi connectivity index (χ2n) is 11.1. The summed E-state index contributed by atoms with van der Waals surface area (Å²) in [4.78, 5) is 2.32. The number of aryl methyl sites for hydroxylation is 1. The standard InChI is InChI=1S/C41H30N2/c1-42-40-14-8-7-13-38(40)39-28-34(22-26-41(39)42)32-17-15-30(16-18-32)31-19-23-36(24-20-31)43(35-11-3-2-4-12-35)37-25-21-29-9-5-6-10-33(29)27-37/h2-28H,1H3. The third-order valence-electron chi connectivity index (χ3n) is 8.60. The number of hydrogen-bond donors (Lipinski definition) is 0. The Labute approximate surface area is 251 Å². The van der Waals surface area contributed by atoms with Crippen molar-refractivity contribution < 1.29 is 0 Å². The lowest BCUT2D eigenvalue weighted by atomic mass is 9.99. The van der Waals surface area contributed by atoms with Crippen LogP contribution in [-0.2, 0) is 7.05 Å². The van der Waals surface area contributed by atoms with Crippen molar-refractivity contribution in [2.75, 3.05) is 4.90 Å². The first-order valence-corrected chi connectivity index (χ1v) is 14.7. The van der Waals surface area contributed by atoms with Gasteiger partial charge in [-0.1, -0.05) is 109 Å². The summed E-state index contributed by atoms with van der Waals surface area (Å²) in [5, 5.41) is 5.07. The quantitative estimate of drug-likeness (QED) is 0.207. The molecule has 8 rings (SSSR count). The van der Waals surface area contributed by atoms with Crippen molar-refractivity contribution >= 4 is 49.6 Å². The highest BCUT2D eigenvalue weighted by atomic mass is 15.1. The van der Waals surface area contributed by atoms with Crippen LogP contribution >= 0.6 is 0 Å². The first-order chi connectivity index (χ1) is 21.2. The predicted molar refractivity (Wildman–Crippen MR) is 183 cm³/mol. The Hall–Kier alpha value is -5.60. The van der Waals surface area contributed by atoms with E-state index >= 15 is 0 Å². The number of hydrogen-bond acceptors (Lipinski definition) is 1. The smallest absolute Gasteiger partial charge is 0.0489 e. The molecular weight excluding hydrogens is 520 g/mol. The van der Waals surface area contributed by atoms with Gasteiger partial charge in [0, 0.05) is 45.9 Å². The minimum Gasteiger partial charge on any atom is -0.344 e. The van der Waals surface area contributed by atoms with Gasteiger partial charge in [0.25, 0.3) is 0 Å². The molecule has 0 N–H and O–H groups in total. The molecular formula is C41H30N2. The Morgan fingerprint density at radius 2 is 0.907 bits per heavy atom. The molecule has 0 bridgehead atoms. The van der Waals surface area contributed by atoms with Gasteiger partial charge >= 0.3 is 0 Å². The van der Waals surface area contributed by atoms with Gasteiger partial charge in [0.15, 0.2) is 0 Å². The zero-order valence-electron chi connectivity index (χ0n) is 24.0. The SMILES string of the molecule is Cn1c2ccccc2c2cc(-c3ccc(-c4ccc(N(c5ccccc5)c5ccc6ccccc6c5)cc4)cc3)ccc21. The van der Waals surface area contributed by atoms with Gasteiger partial charge in [0.1, 0.15) is 0 Å². The second kappa shape index (κ2) is 10.3. The molecule has 0 saturated heterocycles. The van der Waals surface area contributed by atoms with E-state index in [2.05, 4.69) is 180 Å². The first-order valence-electron chi connectivity index (χ1n) is 14.7. The molecule has 7 aromatic carbocycles. The number of nitrogens with zero attached hydrogens (tertiary/aromatic N) is 2. The fourth-order valence-corrected chi connectivity index (χ4v) is 6.35. The summed E-state index contributed by atoms with van der Waals surface area (Å²) in [5.41, 5.74) is 10.8. The lowest BCUT2D eigenvalue weighted by Crippen LogP contribution is -2.09. The number of para-hydroxylation sites is 2. The number of aromatic nitrogens is 1. The summed E-state index contributed by atoms with van der Waals surface area (Å²) in [6, 6.07) is 59.0. The normalized spacial score (nSPS) is 11.4. The topological polar surface area (TPSA) is 8.17 Å². The van der Waals surface area contributed by atoms with Crippen molar-refractivity contribution in [1.82, 2.24) is 4.57 Å². The maximum Gasteiger partial charge on any atom is 0.0489 e. The molecule has 8 aromatic rings. The van der Waals surface area contributed by atoms with Crippen LogP contribution in [0.2, 0.25) is 0 Å². The van der Waals surface area contributed by atoms with E-state index in [-0.39, 0.29) is 0 Å². The minimum atomic E-state index is 1.13. The molecule has 0 saturated carbocycles. The summed E-state index contributed by atoms with van der Waals surface area (Å²) in [6.07, 6.45) is 0. The Morgan fingerprint density at radius 1 is 0.372 bits per heavy atom. The van der Waals surface area contributed by atoms with E-state index in [1.54, 1.807) is 0 Å². The van der Waals surface area contributed by atoms with Gasteiger partial charge < -0.3 is 9.47 Å². The van der Waals surface area contributed by atoms with E-state index < -0.39 is 0 Å². The molecule has 0 spiro atoms. The Kier molecular flexibility index (Phi) is 6.05. The van der Waals surface area contributed by atoms with Crippen molar-refractivity contribution in [3.8, 4) is 22.3 Å². The van der Waals surface area contributed by atoms with E-state index in [0.717, 1.165) is 17.1 Å². The third kappa shape index (κ3) is 4.45. The predicted octanol–water partition coefficient (Wildman–Crippen LogP) is 11.3. The first kappa shape index (κ1) is 25.1. The van der Waals surface area contributed by atoms with Crippen LogP contribution in [0.3, 0.4) is 0 Å². The highest BCUT2D eigenvalue weighted by molar-refractivity contribution is 6.09. The Bertz CT molecular complexity index is 2220. The lowest BCUT2D eigenvalue weighted by molar-refractivity contribution is 1.01. The molecule has 0 amide bonds. The number of anilines is 3. The van der Waals surface area contributed by atoms with Gasteiger partial charge in [-0.2, -0.15) is 0 Å². The molecule has 0 radical (unpaired) electrons. The third-order valence-corrected chi connectivity index (χ3v) is 8.60. The maximum atomic E-state index is 2.33. The zero-order valence-corrected chi connectivity index (χ0v) is 24.0. The van der Waals surface area contributed by atoms with Crippen LogP contribution in [0.5, 0.6) is 0 Å². The highest BCUT2D eigenvalue weighted by Gasteiger charge is 2.14. The molecule has 2 heteroatoms. The molecule has 1 aromatic heterocycles. The molecule has 0 atom stereocenters.